The van der Waals surface area contributed by atoms with Gasteiger partial charge in [0.1, 0.15) is 11.3 Å². The summed E-state index contributed by atoms with van der Waals surface area (Å²) < 4.78 is 5.54. The summed E-state index contributed by atoms with van der Waals surface area (Å²) in [4.78, 5) is 4.00. The van der Waals surface area contributed by atoms with Crippen LogP contribution in [0.25, 0.3) is 11.0 Å². The lowest BCUT2D eigenvalue weighted by Gasteiger charge is -2.02. The monoisotopic (exact) mass is 191 g/mol. The highest BCUT2D eigenvalue weighted by atomic mass is 16.3. The van der Waals surface area contributed by atoms with Gasteiger partial charge in [0.2, 0.25) is 0 Å². The van der Waals surface area contributed by atoms with E-state index in [-0.39, 0.29) is 6.10 Å². The van der Waals surface area contributed by atoms with Crippen LogP contribution in [0.1, 0.15) is 19.1 Å². The van der Waals surface area contributed by atoms with E-state index in [0.29, 0.717) is 6.42 Å². The number of fused-ring (bicyclic) bond motifs is 1. The number of hydrogen-bond donors (Lipinski definition) is 1. The summed E-state index contributed by atoms with van der Waals surface area (Å²) in [5.74, 6) is 0.822. The average Bonchev–Trinajstić information content (AvgIpc) is 2.59. The van der Waals surface area contributed by atoms with Crippen molar-refractivity contribution in [3.63, 3.8) is 0 Å². The summed E-state index contributed by atoms with van der Waals surface area (Å²) in [5, 5.41) is 10.5. The van der Waals surface area contributed by atoms with Gasteiger partial charge in [0.15, 0.2) is 0 Å². The summed E-state index contributed by atoms with van der Waals surface area (Å²) in [6, 6.07) is 3.76. The maximum atomic E-state index is 9.46. The highest BCUT2D eigenvalue weighted by Crippen LogP contribution is 2.19. The van der Waals surface area contributed by atoms with E-state index in [9.17, 15) is 5.11 Å². The maximum absolute atomic E-state index is 9.46. The number of nitrogens with zero attached hydrogens (tertiary/aromatic N) is 1. The van der Waals surface area contributed by atoms with Gasteiger partial charge < -0.3 is 9.52 Å². The van der Waals surface area contributed by atoms with Crippen LogP contribution in [0.15, 0.2) is 28.9 Å². The quantitative estimate of drug-likeness (QED) is 0.808. The van der Waals surface area contributed by atoms with E-state index in [0.717, 1.165) is 23.2 Å². The Kier molecular flexibility index (Phi) is 2.50. The second-order valence-electron chi connectivity index (χ2n) is 3.39. The minimum Gasteiger partial charge on any atom is -0.461 e. The first kappa shape index (κ1) is 9.21. The smallest absolute Gasteiger partial charge is 0.137 e. The zero-order chi connectivity index (χ0) is 9.97. The van der Waals surface area contributed by atoms with Crippen LogP contribution in [-0.2, 0) is 6.42 Å². The van der Waals surface area contributed by atoms with Gasteiger partial charge in [0, 0.05) is 24.2 Å². The Morgan fingerprint density at radius 3 is 3.14 bits per heavy atom. The molecule has 14 heavy (non-hydrogen) atoms. The van der Waals surface area contributed by atoms with E-state index < -0.39 is 0 Å². The van der Waals surface area contributed by atoms with E-state index in [1.165, 1.54) is 0 Å². The Morgan fingerprint density at radius 2 is 2.43 bits per heavy atom. The molecule has 2 rings (SSSR count). The number of rotatable bonds is 3. The minimum atomic E-state index is -0.316. The molecule has 0 aliphatic heterocycles. The SMILES string of the molecule is CCC(O)Cc1cc2cnccc2o1. The third-order valence-electron chi connectivity index (χ3n) is 2.28. The van der Waals surface area contributed by atoms with Crippen molar-refractivity contribution in [2.75, 3.05) is 0 Å². The molecular weight excluding hydrogens is 178 g/mol. The molecule has 0 aliphatic rings. The van der Waals surface area contributed by atoms with Gasteiger partial charge in [-0.3, -0.25) is 4.98 Å². The predicted octanol–water partition coefficient (Wildman–Crippen LogP) is 2.14. The zero-order valence-electron chi connectivity index (χ0n) is 8.10. The Hall–Kier alpha value is -1.35. The standard InChI is InChI=1S/C11H13NO2/c1-2-9(13)6-10-5-8-7-12-4-3-11(8)14-10/h3-5,7,9,13H,2,6H2,1H3. The number of hydrogen-bond acceptors (Lipinski definition) is 3. The third kappa shape index (κ3) is 1.77. The second-order valence-corrected chi connectivity index (χ2v) is 3.39. The lowest BCUT2D eigenvalue weighted by Crippen LogP contribution is -2.07. The van der Waals surface area contributed by atoms with Gasteiger partial charge in [-0.2, -0.15) is 0 Å². The molecule has 3 nitrogen and oxygen atoms in total. The van der Waals surface area contributed by atoms with Gasteiger partial charge in [0.05, 0.1) is 6.10 Å². The van der Waals surface area contributed by atoms with Gasteiger partial charge >= 0.3 is 0 Å². The van der Waals surface area contributed by atoms with Crippen LogP contribution in [0.4, 0.5) is 0 Å². The van der Waals surface area contributed by atoms with Crippen molar-refractivity contribution in [1.82, 2.24) is 4.98 Å². The number of aliphatic hydroxyl groups is 1. The van der Waals surface area contributed by atoms with Crippen molar-refractivity contribution >= 4 is 11.0 Å². The van der Waals surface area contributed by atoms with Crippen LogP contribution in [-0.4, -0.2) is 16.2 Å². The van der Waals surface area contributed by atoms with Crippen molar-refractivity contribution in [1.29, 1.82) is 0 Å². The predicted molar refractivity (Wildman–Crippen MR) is 54.0 cm³/mol. The van der Waals surface area contributed by atoms with Crippen molar-refractivity contribution in [2.24, 2.45) is 0 Å². The van der Waals surface area contributed by atoms with Crippen LogP contribution < -0.4 is 0 Å². The summed E-state index contributed by atoms with van der Waals surface area (Å²) in [6.45, 7) is 1.95. The molecule has 0 aliphatic carbocycles. The van der Waals surface area contributed by atoms with Gasteiger partial charge in [-0.05, 0) is 18.6 Å². The first-order valence-electron chi connectivity index (χ1n) is 4.80. The zero-order valence-corrected chi connectivity index (χ0v) is 8.10. The van der Waals surface area contributed by atoms with Gasteiger partial charge in [-0.15, -0.1) is 0 Å². The molecule has 0 bridgehead atoms. The first-order chi connectivity index (χ1) is 6.79. The van der Waals surface area contributed by atoms with Crippen LogP contribution in [0.3, 0.4) is 0 Å². The fraction of sp³-hybridized carbons (Fsp3) is 0.364. The fourth-order valence-corrected chi connectivity index (χ4v) is 1.42. The maximum Gasteiger partial charge on any atom is 0.137 e. The molecule has 3 heteroatoms. The third-order valence-corrected chi connectivity index (χ3v) is 2.28. The first-order valence-corrected chi connectivity index (χ1v) is 4.80. The number of aromatic nitrogens is 1. The van der Waals surface area contributed by atoms with Crippen molar-refractivity contribution < 1.29 is 9.52 Å². The highest BCUT2D eigenvalue weighted by Gasteiger charge is 2.07. The molecule has 2 aromatic rings. The van der Waals surface area contributed by atoms with E-state index in [1.807, 2.05) is 19.1 Å². The van der Waals surface area contributed by atoms with Crippen LogP contribution in [0.2, 0.25) is 0 Å². The van der Waals surface area contributed by atoms with Crippen LogP contribution in [0, 0.1) is 0 Å². The number of pyridine rings is 1. The Labute approximate surface area is 82.4 Å². The summed E-state index contributed by atoms with van der Waals surface area (Å²) in [5.41, 5.74) is 0.832. The fourth-order valence-electron chi connectivity index (χ4n) is 1.42. The lowest BCUT2D eigenvalue weighted by molar-refractivity contribution is 0.164. The Balaban J connectivity index is 2.27. The van der Waals surface area contributed by atoms with E-state index in [1.54, 1.807) is 12.4 Å². The molecule has 1 unspecified atom stereocenters. The molecule has 0 fully saturated rings. The molecule has 0 aromatic carbocycles. The second kappa shape index (κ2) is 3.80. The van der Waals surface area contributed by atoms with Gasteiger partial charge in [-0.25, -0.2) is 0 Å². The van der Waals surface area contributed by atoms with E-state index >= 15 is 0 Å². The lowest BCUT2D eigenvalue weighted by atomic mass is 10.1. The molecule has 0 amide bonds. The molecule has 0 spiro atoms. The molecule has 1 atom stereocenters. The minimum absolute atomic E-state index is 0.316. The van der Waals surface area contributed by atoms with E-state index in [2.05, 4.69) is 4.98 Å². The Morgan fingerprint density at radius 1 is 1.57 bits per heavy atom. The van der Waals surface area contributed by atoms with Crippen LogP contribution in [0.5, 0.6) is 0 Å². The molecule has 2 aromatic heterocycles. The average molecular weight is 191 g/mol. The number of aliphatic hydroxyl groups excluding tert-OH is 1. The molecular formula is C11H13NO2. The topological polar surface area (TPSA) is 46.3 Å². The molecule has 0 radical (unpaired) electrons. The largest absolute Gasteiger partial charge is 0.461 e. The van der Waals surface area contributed by atoms with E-state index in [4.69, 9.17) is 4.42 Å². The van der Waals surface area contributed by atoms with Crippen molar-refractivity contribution in [2.45, 2.75) is 25.9 Å². The van der Waals surface area contributed by atoms with Crippen molar-refractivity contribution in [3.8, 4) is 0 Å². The van der Waals surface area contributed by atoms with Crippen LogP contribution >= 0.6 is 0 Å². The normalized spacial score (nSPS) is 13.3. The molecule has 1 N–H and O–H groups in total. The Bertz CT molecular complexity index is 389. The summed E-state index contributed by atoms with van der Waals surface area (Å²) >= 11 is 0. The van der Waals surface area contributed by atoms with Gasteiger partial charge in [0.25, 0.3) is 0 Å². The highest BCUT2D eigenvalue weighted by molar-refractivity contribution is 5.76. The van der Waals surface area contributed by atoms with Gasteiger partial charge in [-0.1, -0.05) is 6.92 Å². The van der Waals surface area contributed by atoms with Crippen molar-refractivity contribution in [3.05, 3.63) is 30.3 Å². The summed E-state index contributed by atoms with van der Waals surface area (Å²) in [6.07, 6.45) is 4.47. The molecule has 2 heterocycles. The summed E-state index contributed by atoms with van der Waals surface area (Å²) in [7, 11) is 0. The number of furan rings is 1. The molecule has 0 saturated heterocycles. The molecule has 74 valence electrons. The molecule has 0 saturated carbocycles.